The van der Waals surface area contributed by atoms with E-state index >= 15 is 0 Å². The lowest BCUT2D eigenvalue weighted by Crippen LogP contribution is -2.46. The van der Waals surface area contributed by atoms with Gasteiger partial charge in [0.2, 0.25) is 0 Å². The van der Waals surface area contributed by atoms with Gasteiger partial charge < -0.3 is 14.3 Å². The van der Waals surface area contributed by atoms with Crippen molar-refractivity contribution in [2.24, 2.45) is 0 Å². The average molecular weight is 408 g/mol. The normalized spacial score (nSPS) is 18.1. The third-order valence-electron chi connectivity index (χ3n) is 4.96. The number of benzene rings is 1. The van der Waals surface area contributed by atoms with Crippen molar-refractivity contribution < 1.29 is 23.0 Å². The standard InChI is InChI=1S/C22H30F2N2O3/c1-17-7-8-21(29-17)14-25(2)12-18-5-3-6-20(11-18)28-15-19(27)13-26-10-4-9-22(23,24)16-26/h3,5-8,11,19,27H,4,9-10,12-16H2,1-2H3. The molecule has 0 spiro atoms. The smallest absolute Gasteiger partial charge is 0.260 e. The summed E-state index contributed by atoms with van der Waals surface area (Å²) in [4.78, 5) is 3.75. The zero-order valence-corrected chi connectivity index (χ0v) is 17.1. The van der Waals surface area contributed by atoms with Crippen LogP contribution in [0, 0.1) is 6.92 Å². The second kappa shape index (κ2) is 9.69. The highest BCUT2D eigenvalue weighted by Gasteiger charge is 2.35. The minimum Gasteiger partial charge on any atom is -0.491 e. The second-order valence-corrected chi connectivity index (χ2v) is 7.99. The van der Waals surface area contributed by atoms with Gasteiger partial charge in [-0.15, -0.1) is 0 Å². The number of nitrogens with zero attached hydrogens (tertiary/aromatic N) is 2. The number of halogens is 2. The van der Waals surface area contributed by atoms with Crippen molar-refractivity contribution in [3.63, 3.8) is 0 Å². The number of aryl methyl sites for hydroxylation is 1. The first-order chi connectivity index (χ1) is 13.8. The fourth-order valence-electron chi connectivity index (χ4n) is 3.68. The van der Waals surface area contributed by atoms with Gasteiger partial charge >= 0.3 is 0 Å². The van der Waals surface area contributed by atoms with Crippen LogP contribution in [0.2, 0.25) is 0 Å². The van der Waals surface area contributed by atoms with E-state index in [2.05, 4.69) is 4.90 Å². The fraction of sp³-hybridized carbons (Fsp3) is 0.545. The molecule has 3 rings (SSSR count). The van der Waals surface area contributed by atoms with Gasteiger partial charge in [-0.25, -0.2) is 8.78 Å². The number of aliphatic hydroxyl groups is 1. The van der Waals surface area contributed by atoms with Gasteiger partial charge in [0.15, 0.2) is 0 Å². The van der Waals surface area contributed by atoms with Crippen LogP contribution in [0.1, 0.15) is 29.9 Å². The van der Waals surface area contributed by atoms with E-state index in [4.69, 9.17) is 9.15 Å². The number of β-amino-alcohol motifs (C(OH)–C–C–N with tert-alkyl or cyclic N) is 1. The molecule has 7 heteroatoms. The Hall–Kier alpha value is -1.96. The molecule has 1 N–H and O–H groups in total. The Bertz CT molecular complexity index is 781. The molecule has 1 aromatic carbocycles. The third-order valence-corrected chi connectivity index (χ3v) is 4.96. The quantitative estimate of drug-likeness (QED) is 0.686. The van der Waals surface area contributed by atoms with Gasteiger partial charge in [0.1, 0.15) is 30.0 Å². The van der Waals surface area contributed by atoms with E-state index in [1.54, 1.807) is 4.90 Å². The molecule has 1 aromatic heterocycles. The molecule has 0 saturated carbocycles. The van der Waals surface area contributed by atoms with Gasteiger partial charge in [-0.2, -0.15) is 0 Å². The first kappa shape index (κ1) is 21.7. The highest BCUT2D eigenvalue weighted by Crippen LogP contribution is 2.26. The van der Waals surface area contributed by atoms with Crippen LogP contribution in [-0.2, 0) is 13.1 Å². The van der Waals surface area contributed by atoms with Gasteiger partial charge in [-0.1, -0.05) is 12.1 Å². The maximum atomic E-state index is 13.5. The minimum atomic E-state index is -2.66. The number of ether oxygens (including phenoxy) is 1. The molecular formula is C22H30F2N2O3. The summed E-state index contributed by atoms with van der Waals surface area (Å²) >= 11 is 0. The maximum Gasteiger partial charge on any atom is 0.260 e. The molecule has 0 aliphatic carbocycles. The largest absolute Gasteiger partial charge is 0.491 e. The molecule has 29 heavy (non-hydrogen) atoms. The molecule has 0 bridgehead atoms. The van der Waals surface area contributed by atoms with Crippen molar-refractivity contribution in [3.8, 4) is 5.75 Å². The number of piperidine rings is 1. The molecule has 0 radical (unpaired) electrons. The summed E-state index contributed by atoms with van der Waals surface area (Å²) in [6.45, 7) is 3.92. The Morgan fingerprint density at radius 3 is 2.83 bits per heavy atom. The zero-order valence-electron chi connectivity index (χ0n) is 17.1. The van der Waals surface area contributed by atoms with Gasteiger partial charge in [0.05, 0.1) is 13.1 Å². The second-order valence-electron chi connectivity index (χ2n) is 7.99. The Balaban J connectivity index is 1.45. The SMILES string of the molecule is Cc1ccc(CN(C)Cc2cccc(OCC(O)CN3CCCC(F)(F)C3)c2)o1. The fourth-order valence-corrected chi connectivity index (χ4v) is 3.68. The van der Waals surface area contributed by atoms with Crippen LogP contribution in [0.5, 0.6) is 5.75 Å². The summed E-state index contributed by atoms with van der Waals surface area (Å²) in [5.74, 6) is -0.180. The van der Waals surface area contributed by atoms with Crippen LogP contribution in [-0.4, -0.2) is 60.2 Å². The molecule has 1 aliphatic rings. The predicted octanol–water partition coefficient (Wildman–Crippen LogP) is 3.69. The highest BCUT2D eigenvalue weighted by atomic mass is 19.3. The van der Waals surface area contributed by atoms with Crippen molar-refractivity contribution in [2.75, 3.05) is 33.3 Å². The lowest BCUT2D eigenvalue weighted by atomic mass is 10.1. The van der Waals surface area contributed by atoms with Crippen LogP contribution in [0.25, 0.3) is 0 Å². The number of hydrogen-bond donors (Lipinski definition) is 1. The average Bonchev–Trinajstić information content (AvgIpc) is 3.04. The van der Waals surface area contributed by atoms with Crippen LogP contribution in [0.4, 0.5) is 8.78 Å². The Labute approximate surface area is 170 Å². The van der Waals surface area contributed by atoms with Crippen LogP contribution in [0.15, 0.2) is 40.8 Å². The highest BCUT2D eigenvalue weighted by molar-refractivity contribution is 5.28. The van der Waals surface area contributed by atoms with E-state index in [1.807, 2.05) is 50.4 Å². The Kier molecular flexibility index (Phi) is 7.27. The molecule has 160 valence electrons. The summed E-state index contributed by atoms with van der Waals surface area (Å²) < 4.78 is 38.3. The van der Waals surface area contributed by atoms with Gasteiger partial charge in [-0.05, 0) is 56.8 Å². The van der Waals surface area contributed by atoms with E-state index in [0.717, 1.165) is 23.6 Å². The van der Waals surface area contributed by atoms with E-state index in [0.29, 0.717) is 25.3 Å². The summed E-state index contributed by atoms with van der Waals surface area (Å²) in [5, 5.41) is 10.2. The number of alkyl halides is 2. The molecule has 2 aromatic rings. The van der Waals surface area contributed by atoms with Crippen molar-refractivity contribution >= 4 is 0 Å². The van der Waals surface area contributed by atoms with E-state index in [1.165, 1.54) is 0 Å². The van der Waals surface area contributed by atoms with Crippen LogP contribution >= 0.6 is 0 Å². The van der Waals surface area contributed by atoms with E-state index in [9.17, 15) is 13.9 Å². The molecular weight excluding hydrogens is 378 g/mol. The Morgan fingerprint density at radius 2 is 2.10 bits per heavy atom. The lowest BCUT2D eigenvalue weighted by Gasteiger charge is -2.33. The van der Waals surface area contributed by atoms with E-state index < -0.39 is 12.0 Å². The number of furan rings is 1. The van der Waals surface area contributed by atoms with Crippen molar-refractivity contribution in [3.05, 3.63) is 53.5 Å². The first-order valence-corrected chi connectivity index (χ1v) is 10.0. The van der Waals surface area contributed by atoms with Crippen LogP contribution < -0.4 is 4.74 Å². The molecule has 0 amide bonds. The Morgan fingerprint density at radius 1 is 1.28 bits per heavy atom. The number of hydrogen-bond acceptors (Lipinski definition) is 5. The molecule has 1 aliphatic heterocycles. The topological polar surface area (TPSA) is 49.1 Å². The number of likely N-dealkylation sites (tertiary alicyclic amines) is 1. The zero-order chi connectivity index (χ0) is 20.9. The monoisotopic (exact) mass is 408 g/mol. The summed E-state index contributed by atoms with van der Waals surface area (Å²) in [5.41, 5.74) is 1.08. The summed E-state index contributed by atoms with van der Waals surface area (Å²) in [6, 6.07) is 11.6. The van der Waals surface area contributed by atoms with Gasteiger partial charge in [-0.3, -0.25) is 9.80 Å². The van der Waals surface area contributed by atoms with Crippen molar-refractivity contribution in [1.29, 1.82) is 0 Å². The molecule has 1 fully saturated rings. The molecule has 5 nitrogen and oxygen atoms in total. The third kappa shape index (κ3) is 7.10. The van der Waals surface area contributed by atoms with Crippen molar-refractivity contribution in [1.82, 2.24) is 9.80 Å². The lowest BCUT2D eigenvalue weighted by molar-refractivity contribution is -0.0737. The molecule has 2 heterocycles. The number of rotatable bonds is 9. The molecule has 1 unspecified atom stereocenters. The molecule has 1 atom stereocenters. The summed E-state index contributed by atoms with van der Waals surface area (Å²) in [7, 11) is 2.02. The van der Waals surface area contributed by atoms with Gasteiger partial charge in [0.25, 0.3) is 5.92 Å². The number of aliphatic hydroxyl groups excluding tert-OH is 1. The molecule has 1 saturated heterocycles. The first-order valence-electron chi connectivity index (χ1n) is 10.0. The van der Waals surface area contributed by atoms with Crippen molar-refractivity contribution in [2.45, 2.75) is 44.9 Å². The van der Waals surface area contributed by atoms with Crippen LogP contribution in [0.3, 0.4) is 0 Å². The van der Waals surface area contributed by atoms with Gasteiger partial charge in [0, 0.05) is 19.5 Å². The summed E-state index contributed by atoms with van der Waals surface area (Å²) in [6.07, 6.45) is -0.428. The predicted molar refractivity (Wildman–Crippen MR) is 107 cm³/mol. The minimum absolute atomic E-state index is 0.0726. The van der Waals surface area contributed by atoms with E-state index in [-0.39, 0.29) is 26.1 Å². The maximum absolute atomic E-state index is 13.5.